The van der Waals surface area contributed by atoms with E-state index < -0.39 is 6.10 Å². The van der Waals surface area contributed by atoms with Gasteiger partial charge in [-0.1, -0.05) is 36.4 Å². The predicted molar refractivity (Wildman–Crippen MR) is 108 cm³/mol. The number of hydrogen-bond donors (Lipinski definition) is 1. The highest BCUT2D eigenvalue weighted by Gasteiger charge is 2.14. The Bertz CT molecular complexity index is 936. The summed E-state index contributed by atoms with van der Waals surface area (Å²) in [7, 11) is 0. The first-order valence-electron chi connectivity index (χ1n) is 9.16. The van der Waals surface area contributed by atoms with Crippen LogP contribution in [0.2, 0.25) is 0 Å². The third-order valence-electron chi connectivity index (χ3n) is 4.55. The van der Waals surface area contributed by atoms with Crippen LogP contribution in [0, 0.1) is 13.8 Å². The molecule has 0 spiro atoms. The van der Waals surface area contributed by atoms with Gasteiger partial charge in [-0.15, -0.1) is 0 Å². The smallest absolute Gasteiger partial charge is 0.260 e. The minimum absolute atomic E-state index is 0.157. The van der Waals surface area contributed by atoms with Crippen molar-refractivity contribution < 1.29 is 14.3 Å². The zero-order chi connectivity index (χ0) is 19.2. The van der Waals surface area contributed by atoms with Crippen molar-refractivity contribution in [1.29, 1.82) is 0 Å². The maximum atomic E-state index is 12.2. The highest BCUT2D eigenvalue weighted by atomic mass is 16.5. The van der Waals surface area contributed by atoms with Crippen molar-refractivity contribution in [2.45, 2.75) is 26.9 Å². The second kappa shape index (κ2) is 8.58. The van der Waals surface area contributed by atoms with Crippen molar-refractivity contribution in [2.75, 3.05) is 13.2 Å². The maximum absolute atomic E-state index is 12.2. The van der Waals surface area contributed by atoms with Gasteiger partial charge in [0.25, 0.3) is 5.91 Å². The summed E-state index contributed by atoms with van der Waals surface area (Å²) in [6.07, 6.45) is -0.562. The summed E-state index contributed by atoms with van der Waals surface area (Å²) >= 11 is 0. The molecule has 1 N–H and O–H groups in total. The lowest BCUT2D eigenvalue weighted by Gasteiger charge is -2.16. The van der Waals surface area contributed by atoms with E-state index in [4.69, 9.17) is 9.47 Å². The van der Waals surface area contributed by atoms with Gasteiger partial charge in [0.1, 0.15) is 18.1 Å². The molecule has 1 amide bonds. The molecule has 0 aliphatic heterocycles. The van der Waals surface area contributed by atoms with Gasteiger partial charge in [-0.05, 0) is 66.9 Å². The maximum Gasteiger partial charge on any atom is 0.260 e. The molecule has 0 aromatic heterocycles. The Labute approximate surface area is 160 Å². The number of hydrogen-bond acceptors (Lipinski definition) is 3. The van der Waals surface area contributed by atoms with E-state index in [1.807, 2.05) is 62.4 Å². The van der Waals surface area contributed by atoms with E-state index in [0.29, 0.717) is 18.9 Å². The number of fused-ring (bicyclic) bond motifs is 1. The number of aryl methyl sites for hydroxylation is 2. The Morgan fingerprint density at radius 2 is 1.67 bits per heavy atom. The molecule has 0 saturated carbocycles. The van der Waals surface area contributed by atoms with Crippen LogP contribution in [-0.4, -0.2) is 25.2 Å². The van der Waals surface area contributed by atoms with Crippen molar-refractivity contribution in [3.05, 3.63) is 71.8 Å². The van der Waals surface area contributed by atoms with E-state index in [-0.39, 0.29) is 5.91 Å². The van der Waals surface area contributed by atoms with Crippen LogP contribution in [0.15, 0.2) is 60.7 Å². The fourth-order valence-electron chi connectivity index (χ4n) is 2.79. The largest absolute Gasteiger partial charge is 0.492 e. The van der Waals surface area contributed by atoms with E-state index in [2.05, 4.69) is 17.4 Å². The highest BCUT2D eigenvalue weighted by Crippen LogP contribution is 2.20. The van der Waals surface area contributed by atoms with Gasteiger partial charge in [0.15, 0.2) is 6.10 Å². The van der Waals surface area contributed by atoms with Crippen LogP contribution in [0.4, 0.5) is 0 Å². The van der Waals surface area contributed by atoms with Crippen LogP contribution >= 0.6 is 0 Å². The molecular formula is C23H25NO3. The molecule has 0 aliphatic carbocycles. The molecule has 0 heterocycles. The van der Waals surface area contributed by atoms with Gasteiger partial charge in [-0.2, -0.15) is 0 Å². The topological polar surface area (TPSA) is 47.6 Å². The molecule has 0 saturated heterocycles. The predicted octanol–water partition coefficient (Wildman–Crippen LogP) is 4.42. The van der Waals surface area contributed by atoms with Crippen LogP contribution in [0.3, 0.4) is 0 Å². The average molecular weight is 363 g/mol. The molecule has 3 rings (SSSR count). The van der Waals surface area contributed by atoms with Crippen LogP contribution < -0.4 is 14.8 Å². The Balaban J connectivity index is 1.44. The monoisotopic (exact) mass is 363 g/mol. The molecule has 0 radical (unpaired) electrons. The fourth-order valence-corrected chi connectivity index (χ4v) is 2.79. The lowest BCUT2D eigenvalue weighted by molar-refractivity contribution is -0.127. The van der Waals surface area contributed by atoms with E-state index >= 15 is 0 Å². The molecule has 3 aromatic rings. The number of carbonyl (C=O) groups is 1. The van der Waals surface area contributed by atoms with Crippen LogP contribution in [-0.2, 0) is 4.79 Å². The Morgan fingerprint density at radius 1 is 0.926 bits per heavy atom. The van der Waals surface area contributed by atoms with Gasteiger partial charge in [0.05, 0.1) is 6.54 Å². The lowest BCUT2D eigenvalue weighted by atomic mass is 10.1. The van der Waals surface area contributed by atoms with E-state index in [0.717, 1.165) is 16.7 Å². The van der Waals surface area contributed by atoms with E-state index in [9.17, 15) is 4.79 Å². The molecule has 1 atom stereocenters. The molecule has 1 unspecified atom stereocenters. The quantitative estimate of drug-likeness (QED) is 0.632. The van der Waals surface area contributed by atoms with Gasteiger partial charge in [-0.3, -0.25) is 4.79 Å². The van der Waals surface area contributed by atoms with Crippen molar-refractivity contribution >= 4 is 16.7 Å². The Hall–Kier alpha value is -3.01. The molecule has 0 fully saturated rings. The standard InChI is InChI=1S/C23H25NO3/c1-16-8-10-22(14-17(16)2)27-18(3)23(25)24-12-13-26-21-11-9-19-6-4-5-7-20(19)15-21/h4-11,14-15,18H,12-13H2,1-3H3,(H,24,25). The van der Waals surface area contributed by atoms with Gasteiger partial charge in [0, 0.05) is 0 Å². The Morgan fingerprint density at radius 3 is 2.44 bits per heavy atom. The van der Waals surface area contributed by atoms with Crippen molar-refractivity contribution in [2.24, 2.45) is 0 Å². The summed E-state index contributed by atoms with van der Waals surface area (Å²) in [5.74, 6) is 1.34. The van der Waals surface area contributed by atoms with E-state index in [1.165, 1.54) is 10.9 Å². The normalized spacial score (nSPS) is 11.8. The molecule has 140 valence electrons. The number of rotatable bonds is 7. The minimum Gasteiger partial charge on any atom is -0.492 e. The zero-order valence-corrected chi connectivity index (χ0v) is 16.0. The SMILES string of the molecule is Cc1ccc(OC(C)C(=O)NCCOc2ccc3ccccc3c2)cc1C. The summed E-state index contributed by atoms with van der Waals surface area (Å²) < 4.78 is 11.5. The average Bonchev–Trinajstić information content (AvgIpc) is 2.67. The molecular weight excluding hydrogens is 338 g/mol. The molecule has 27 heavy (non-hydrogen) atoms. The Kier molecular flexibility index (Phi) is 5.97. The zero-order valence-electron chi connectivity index (χ0n) is 16.0. The van der Waals surface area contributed by atoms with Gasteiger partial charge in [-0.25, -0.2) is 0 Å². The fraction of sp³-hybridized carbons (Fsp3) is 0.261. The third kappa shape index (κ3) is 5.00. The first-order chi connectivity index (χ1) is 13.0. The van der Waals surface area contributed by atoms with Crippen LogP contribution in [0.1, 0.15) is 18.1 Å². The number of nitrogens with one attached hydrogen (secondary N) is 1. The van der Waals surface area contributed by atoms with Crippen LogP contribution in [0.25, 0.3) is 10.8 Å². The van der Waals surface area contributed by atoms with Gasteiger partial charge in [0.2, 0.25) is 0 Å². The van der Waals surface area contributed by atoms with Crippen molar-refractivity contribution in [3.8, 4) is 11.5 Å². The third-order valence-corrected chi connectivity index (χ3v) is 4.55. The minimum atomic E-state index is -0.562. The highest BCUT2D eigenvalue weighted by molar-refractivity contribution is 5.83. The number of ether oxygens (including phenoxy) is 2. The molecule has 0 aliphatic rings. The second-order valence-electron chi connectivity index (χ2n) is 6.65. The number of amides is 1. The second-order valence-corrected chi connectivity index (χ2v) is 6.65. The summed E-state index contributed by atoms with van der Waals surface area (Å²) in [6, 6.07) is 19.9. The summed E-state index contributed by atoms with van der Waals surface area (Å²) in [6.45, 7) is 6.64. The van der Waals surface area contributed by atoms with Gasteiger partial charge < -0.3 is 14.8 Å². The molecule has 3 aromatic carbocycles. The molecule has 4 nitrogen and oxygen atoms in total. The van der Waals surface area contributed by atoms with Crippen LogP contribution in [0.5, 0.6) is 11.5 Å². The van der Waals surface area contributed by atoms with Crippen molar-refractivity contribution in [3.63, 3.8) is 0 Å². The molecule has 0 bridgehead atoms. The first kappa shape index (κ1) is 18.8. The summed E-state index contributed by atoms with van der Waals surface area (Å²) in [5, 5.41) is 5.16. The number of carbonyl (C=O) groups excluding carboxylic acids is 1. The number of benzene rings is 3. The van der Waals surface area contributed by atoms with Crippen molar-refractivity contribution in [1.82, 2.24) is 5.32 Å². The summed E-state index contributed by atoms with van der Waals surface area (Å²) in [4.78, 5) is 12.2. The molecule has 4 heteroatoms. The summed E-state index contributed by atoms with van der Waals surface area (Å²) in [5.41, 5.74) is 2.34. The van der Waals surface area contributed by atoms with E-state index in [1.54, 1.807) is 6.92 Å². The first-order valence-corrected chi connectivity index (χ1v) is 9.16. The lowest BCUT2D eigenvalue weighted by Crippen LogP contribution is -2.38. The van der Waals surface area contributed by atoms with Gasteiger partial charge >= 0.3 is 0 Å².